The predicted octanol–water partition coefficient (Wildman–Crippen LogP) is 4.42. The van der Waals surface area contributed by atoms with Crippen LogP contribution >= 0.6 is 0 Å². The molecule has 25 heavy (non-hydrogen) atoms. The lowest BCUT2D eigenvalue weighted by molar-refractivity contribution is 0.0601. The van der Waals surface area contributed by atoms with Gasteiger partial charge in [0.1, 0.15) is 12.4 Å². The molecule has 0 N–H and O–H groups in total. The molecule has 0 bridgehead atoms. The monoisotopic (exact) mass is 333 g/mol. The molecule has 0 fully saturated rings. The fraction of sp³-hybridized carbons (Fsp3) is 0.143. The van der Waals surface area contributed by atoms with Crippen molar-refractivity contribution in [2.45, 2.75) is 13.5 Å². The Labute approximate surface area is 147 Å². The molecule has 0 radical (unpaired) electrons. The summed E-state index contributed by atoms with van der Waals surface area (Å²) in [7, 11) is 1.38. The molecule has 0 spiro atoms. The van der Waals surface area contributed by atoms with Crippen LogP contribution < -0.4 is 4.74 Å². The second-order valence-electron chi connectivity index (χ2n) is 5.62. The Morgan fingerprint density at radius 2 is 1.88 bits per heavy atom. The van der Waals surface area contributed by atoms with Crippen LogP contribution in [0.1, 0.15) is 21.6 Å². The van der Waals surface area contributed by atoms with Crippen molar-refractivity contribution < 1.29 is 14.3 Å². The average molecular weight is 333 g/mol. The molecule has 4 nitrogen and oxygen atoms in total. The molecule has 0 saturated carbocycles. The third-order valence-electron chi connectivity index (χ3n) is 3.97. The van der Waals surface area contributed by atoms with Gasteiger partial charge in [-0.3, -0.25) is 4.98 Å². The number of ether oxygens (including phenoxy) is 2. The molecule has 126 valence electrons. The Hall–Kier alpha value is -3.14. The molecule has 2 aromatic carbocycles. The molecule has 1 aromatic heterocycles. The standard InChI is InChI=1S/C21H19NO3/c1-15-7-6-12-22-20(15)14-25-17-9-5-8-16(13-17)18-10-3-4-11-19(18)21(23)24-2/h3-13H,14H2,1-2H3. The van der Waals surface area contributed by atoms with Crippen LogP contribution in [-0.2, 0) is 11.3 Å². The second kappa shape index (κ2) is 7.62. The Bertz CT molecular complexity index is 890. The van der Waals surface area contributed by atoms with Crippen LogP contribution in [0.25, 0.3) is 11.1 Å². The molecule has 3 aromatic rings. The Kier molecular flexibility index (Phi) is 5.09. The predicted molar refractivity (Wildman–Crippen MR) is 96.5 cm³/mol. The highest BCUT2D eigenvalue weighted by Gasteiger charge is 2.13. The molecule has 0 unspecified atom stereocenters. The van der Waals surface area contributed by atoms with Gasteiger partial charge >= 0.3 is 5.97 Å². The molecular weight excluding hydrogens is 314 g/mol. The number of carbonyl (C=O) groups excluding carboxylic acids is 1. The number of methoxy groups -OCH3 is 1. The van der Waals surface area contributed by atoms with Gasteiger partial charge in [-0.1, -0.05) is 36.4 Å². The minimum absolute atomic E-state index is 0.356. The van der Waals surface area contributed by atoms with Crippen LogP contribution in [0.15, 0.2) is 66.9 Å². The van der Waals surface area contributed by atoms with Crippen molar-refractivity contribution in [3.8, 4) is 16.9 Å². The van der Waals surface area contributed by atoms with E-state index in [0.29, 0.717) is 12.2 Å². The summed E-state index contributed by atoms with van der Waals surface area (Å²) >= 11 is 0. The second-order valence-corrected chi connectivity index (χ2v) is 5.62. The summed E-state index contributed by atoms with van der Waals surface area (Å²) in [4.78, 5) is 16.3. The van der Waals surface area contributed by atoms with Gasteiger partial charge in [-0.2, -0.15) is 0 Å². The van der Waals surface area contributed by atoms with E-state index >= 15 is 0 Å². The average Bonchev–Trinajstić information content (AvgIpc) is 2.67. The van der Waals surface area contributed by atoms with Gasteiger partial charge in [0.15, 0.2) is 0 Å². The Morgan fingerprint density at radius 1 is 1.04 bits per heavy atom. The highest BCUT2D eigenvalue weighted by Crippen LogP contribution is 2.28. The lowest BCUT2D eigenvalue weighted by atomic mass is 9.99. The van der Waals surface area contributed by atoms with Crippen molar-refractivity contribution in [3.63, 3.8) is 0 Å². The molecule has 1 heterocycles. The number of rotatable bonds is 5. The Morgan fingerprint density at radius 3 is 2.68 bits per heavy atom. The van der Waals surface area contributed by atoms with Crippen molar-refractivity contribution >= 4 is 5.97 Å². The molecule has 0 aliphatic carbocycles. The number of esters is 1. The van der Waals surface area contributed by atoms with Crippen LogP contribution in [-0.4, -0.2) is 18.1 Å². The summed E-state index contributed by atoms with van der Waals surface area (Å²) < 4.78 is 10.8. The number of nitrogens with zero attached hydrogens (tertiary/aromatic N) is 1. The largest absolute Gasteiger partial charge is 0.487 e. The fourth-order valence-electron chi connectivity index (χ4n) is 2.60. The normalized spacial score (nSPS) is 10.3. The van der Waals surface area contributed by atoms with Crippen LogP contribution in [0.4, 0.5) is 0 Å². The first kappa shape index (κ1) is 16.7. The maximum Gasteiger partial charge on any atom is 0.338 e. The van der Waals surface area contributed by atoms with Crippen LogP contribution in [0.2, 0.25) is 0 Å². The molecular formula is C21H19NO3. The van der Waals surface area contributed by atoms with Crippen molar-refractivity contribution in [2.24, 2.45) is 0 Å². The zero-order chi connectivity index (χ0) is 17.6. The summed E-state index contributed by atoms with van der Waals surface area (Å²) in [5.41, 5.74) is 4.24. The molecule has 0 aliphatic heterocycles. The van der Waals surface area contributed by atoms with Crippen molar-refractivity contribution in [2.75, 3.05) is 7.11 Å². The van der Waals surface area contributed by atoms with Gasteiger partial charge in [0.2, 0.25) is 0 Å². The number of hydrogen-bond acceptors (Lipinski definition) is 4. The topological polar surface area (TPSA) is 48.4 Å². The van der Waals surface area contributed by atoms with E-state index in [9.17, 15) is 4.79 Å². The lowest BCUT2D eigenvalue weighted by Gasteiger charge is -2.11. The molecule has 0 aliphatic rings. The molecule has 0 atom stereocenters. The number of benzene rings is 2. The van der Waals surface area contributed by atoms with E-state index in [1.54, 1.807) is 12.3 Å². The number of pyridine rings is 1. The molecule has 0 amide bonds. The number of aryl methyl sites for hydroxylation is 1. The quantitative estimate of drug-likeness (QED) is 0.648. The maximum absolute atomic E-state index is 12.0. The van der Waals surface area contributed by atoms with Crippen LogP contribution in [0.3, 0.4) is 0 Å². The summed E-state index contributed by atoms with van der Waals surface area (Å²) in [6.07, 6.45) is 1.76. The highest BCUT2D eigenvalue weighted by atomic mass is 16.5. The molecule has 4 heteroatoms. The number of carbonyl (C=O) groups is 1. The van der Waals surface area contributed by atoms with Crippen LogP contribution in [0.5, 0.6) is 5.75 Å². The van der Waals surface area contributed by atoms with Crippen molar-refractivity contribution in [1.29, 1.82) is 0 Å². The Balaban J connectivity index is 1.85. The zero-order valence-electron chi connectivity index (χ0n) is 14.2. The number of aromatic nitrogens is 1. The summed E-state index contributed by atoms with van der Waals surface area (Å²) in [6.45, 7) is 2.41. The van der Waals surface area contributed by atoms with Crippen LogP contribution in [0, 0.1) is 6.92 Å². The van der Waals surface area contributed by atoms with Gasteiger partial charge in [0.25, 0.3) is 0 Å². The van der Waals surface area contributed by atoms with Gasteiger partial charge < -0.3 is 9.47 Å². The molecule has 0 saturated heterocycles. The number of hydrogen-bond donors (Lipinski definition) is 0. The molecule has 3 rings (SSSR count). The van der Waals surface area contributed by atoms with E-state index in [4.69, 9.17) is 9.47 Å². The van der Waals surface area contributed by atoms with Crippen molar-refractivity contribution in [1.82, 2.24) is 4.98 Å². The highest BCUT2D eigenvalue weighted by molar-refractivity contribution is 5.97. The van der Waals surface area contributed by atoms with Gasteiger partial charge in [0, 0.05) is 6.20 Å². The maximum atomic E-state index is 12.0. The van der Waals surface area contributed by atoms with Gasteiger partial charge in [-0.25, -0.2) is 4.79 Å². The van der Waals surface area contributed by atoms with E-state index in [-0.39, 0.29) is 5.97 Å². The van der Waals surface area contributed by atoms with E-state index in [0.717, 1.165) is 28.1 Å². The van der Waals surface area contributed by atoms with E-state index in [1.165, 1.54) is 7.11 Å². The minimum Gasteiger partial charge on any atom is -0.487 e. The van der Waals surface area contributed by atoms with E-state index in [1.807, 2.05) is 61.5 Å². The summed E-state index contributed by atoms with van der Waals surface area (Å²) in [5.74, 6) is 0.369. The fourth-order valence-corrected chi connectivity index (χ4v) is 2.60. The van der Waals surface area contributed by atoms with Gasteiger partial charge in [-0.05, 0) is 47.9 Å². The first-order valence-electron chi connectivity index (χ1n) is 8.00. The van der Waals surface area contributed by atoms with Gasteiger partial charge in [0.05, 0.1) is 18.4 Å². The van der Waals surface area contributed by atoms with E-state index < -0.39 is 0 Å². The lowest BCUT2D eigenvalue weighted by Crippen LogP contribution is -2.03. The smallest absolute Gasteiger partial charge is 0.338 e. The summed E-state index contributed by atoms with van der Waals surface area (Å²) in [6, 6.07) is 18.9. The first-order chi connectivity index (χ1) is 12.2. The third-order valence-corrected chi connectivity index (χ3v) is 3.97. The van der Waals surface area contributed by atoms with Crippen molar-refractivity contribution in [3.05, 3.63) is 83.7 Å². The minimum atomic E-state index is -0.356. The third kappa shape index (κ3) is 3.86. The SMILES string of the molecule is COC(=O)c1ccccc1-c1cccc(OCc2ncccc2C)c1. The van der Waals surface area contributed by atoms with Gasteiger partial charge in [-0.15, -0.1) is 0 Å². The summed E-state index contributed by atoms with van der Waals surface area (Å²) in [5, 5.41) is 0. The van der Waals surface area contributed by atoms with E-state index in [2.05, 4.69) is 4.98 Å². The zero-order valence-corrected chi connectivity index (χ0v) is 14.2. The first-order valence-corrected chi connectivity index (χ1v) is 8.00.